The van der Waals surface area contributed by atoms with Crippen molar-refractivity contribution in [1.29, 1.82) is 0 Å². The van der Waals surface area contributed by atoms with Crippen molar-refractivity contribution in [3.8, 4) is 23.8 Å². The van der Waals surface area contributed by atoms with E-state index in [0.717, 1.165) is 5.56 Å². The minimum Gasteiger partial charge on any atom is -0.484 e. The Morgan fingerprint density at radius 3 is 2.47 bits per heavy atom. The summed E-state index contributed by atoms with van der Waals surface area (Å²) in [6.07, 6.45) is 7.16. The van der Waals surface area contributed by atoms with Gasteiger partial charge in [-0.1, -0.05) is 50.1 Å². The van der Waals surface area contributed by atoms with Crippen LogP contribution < -0.4 is 20.2 Å². The van der Waals surface area contributed by atoms with Crippen molar-refractivity contribution in [2.24, 2.45) is 11.0 Å². The first-order chi connectivity index (χ1) is 15.4. The van der Waals surface area contributed by atoms with E-state index in [1.807, 2.05) is 51.1 Å². The van der Waals surface area contributed by atoms with Crippen molar-refractivity contribution < 1.29 is 19.1 Å². The zero-order chi connectivity index (χ0) is 23.3. The fourth-order valence-corrected chi connectivity index (χ4v) is 2.88. The molecular weight excluding hydrogens is 406 g/mol. The van der Waals surface area contributed by atoms with Crippen molar-refractivity contribution >= 4 is 18.0 Å². The molecule has 7 heteroatoms. The van der Waals surface area contributed by atoms with Gasteiger partial charge in [0, 0.05) is 5.56 Å². The van der Waals surface area contributed by atoms with Crippen LogP contribution in [-0.4, -0.2) is 37.3 Å². The molecular formula is C25H29N3O4. The number of hydrogen-bond donors (Lipinski definition) is 2. The highest BCUT2D eigenvalue weighted by atomic mass is 16.5. The van der Waals surface area contributed by atoms with E-state index in [1.165, 1.54) is 6.21 Å². The van der Waals surface area contributed by atoms with E-state index in [0.29, 0.717) is 23.5 Å². The molecule has 0 spiro atoms. The van der Waals surface area contributed by atoms with E-state index < -0.39 is 11.9 Å². The Morgan fingerprint density at radius 2 is 1.78 bits per heavy atom. The van der Waals surface area contributed by atoms with Crippen molar-refractivity contribution in [3.05, 3.63) is 59.7 Å². The summed E-state index contributed by atoms with van der Waals surface area (Å²) in [7, 11) is 0. The highest BCUT2D eigenvalue weighted by Gasteiger charge is 2.22. The summed E-state index contributed by atoms with van der Waals surface area (Å²) in [6, 6.07) is 13.9. The smallest absolute Gasteiger partial charge is 0.262 e. The number of ether oxygens (including phenoxy) is 2. The second-order valence-corrected chi connectivity index (χ2v) is 7.57. The largest absolute Gasteiger partial charge is 0.484 e. The molecule has 0 aliphatic heterocycles. The summed E-state index contributed by atoms with van der Waals surface area (Å²) in [5, 5.41) is 6.74. The minimum atomic E-state index is -0.743. The number of amides is 2. The van der Waals surface area contributed by atoms with Gasteiger partial charge in [0.05, 0.1) is 6.21 Å². The van der Waals surface area contributed by atoms with Gasteiger partial charge in [-0.2, -0.15) is 5.10 Å². The van der Waals surface area contributed by atoms with Crippen molar-refractivity contribution in [1.82, 2.24) is 10.7 Å². The Labute approximate surface area is 189 Å². The molecule has 2 N–H and O–H groups in total. The molecule has 2 rings (SSSR count). The Balaban J connectivity index is 1.96. The lowest BCUT2D eigenvalue weighted by molar-refractivity contribution is -0.130. The molecule has 2 aromatic rings. The van der Waals surface area contributed by atoms with Crippen LogP contribution >= 0.6 is 0 Å². The lowest BCUT2D eigenvalue weighted by atomic mass is 10.0. The molecule has 0 aliphatic carbocycles. The third kappa shape index (κ3) is 8.15. The first-order valence-corrected chi connectivity index (χ1v) is 10.4. The predicted molar refractivity (Wildman–Crippen MR) is 125 cm³/mol. The first-order valence-electron chi connectivity index (χ1n) is 10.4. The molecule has 0 heterocycles. The average Bonchev–Trinajstić information content (AvgIpc) is 2.77. The third-order valence-electron chi connectivity index (χ3n) is 4.42. The number of terminal acetylenes is 1. The van der Waals surface area contributed by atoms with Crippen LogP contribution in [0.5, 0.6) is 11.5 Å². The van der Waals surface area contributed by atoms with Gasteiger partial charge in [-0.3, -0.25) is 9.59 Å². The van der Waals surface area contributed by atoms with E-state index in [2.05, 4.69) is 21.8 Å². The van der Waals surface area contributed by atoms with Crippen LogP contribution in [0.4, 0.5) is 0 Å². The van der Waals surface area contributed by atoms with Gasteiger partial charge in [-0.15, -0.1) is 6.42 Å². The highest BCUT2D eigenvalue weighted by Crippen LogP contribution is 2.16. The van der Waals surface area contributed by atoms with Crippen molar-refractivity contribution in [3.63, 3.8) is 0 Å². The number of hydrogen-bond acceptors (Lipinski definition) is 5. The number of aryl methyl sites for hydroxylation is 1. The van der Waals surface area contributed by atoms with E-state index >= 15 is 0 Å². The molecule has 168 valence electrons. The Kier molecular flexibility index (Phi) is 9.79. The minimum absolute atomic E-state index is 0.129. The average molecular weight is 436 g/mol. The quantitative estimate of drug-likeness (QED) is 0.323. The molecule has 2 aromatic carbocycles. The number of carbonyl (C=O) groups is 2. The maximum Gasteiger partial charge on any atom is 0.262 e. The summed E-state index contributed by atoms with van der Waals surface area (Å²) in [4.78, 5) is 25.0. The zero-order valence-electron chi connectivity index (χ0n) is 18.6. The summed E-state index contributed by atoms with van der Waals surface area (Å²) in [5.74, 6) is 2.98. The highest BCUT2D eigenvalue weighted by molar-refractivity contribution is 5.89. The van der Waals surface area contributed by atoms with Crippen LogP contribution in [0.1, 0.15) is 31.4 Å². The summed E-state index contributed by atoms with van der Waals surface area (Å²) in [6.45, 7) is 5.79. The lowest BCUT2D eigenvalue weighted by Crippen LogP contribution is -2.47. The first kappa shape index (κ1) is 24.5. The monoisotopic (exact) mass is 435 g/mol. The van der Waals surface area contributed by atoms with Crippen molar-refractivity contribution in [2.75, 3.05) is 13.2 Å². The summed E-state index contributed by atoms with van der Waals surface area (Å²) >= 11 is 0. The standard InChI is InChI=1S/C25H29N3O4/c1-5-14-31-23-13-9-7-11-20(23)16-26-28-25(30)21(15-18(2)3)27-24(29)17-32-22-12-8-6-10-19(22)4/h1,6-13,16,18,21H,14-15,17H2,2-4H3,(H,27,29)(H,28,30)/b26-16-/t21-/m1/s1. The third-order valence-corrected chi connectivity index (χ3v) is 4.42. The molecule has 0 aromatic heterocycles. The SMILES string of the molecule is C#CCOc1ccccc1/C=N\NC(=O)[C@@H](CC(C)C)NC(=O)COc1ccccc1C. The maximum absolute atomic E-state index is 12.7. The van der Waals surface area contributed by atoms with Crippen molar-refractivity contribution in [2.45, 2.75) is 33.2 Å². The van der Waals surface area contributed by atoms with Gasteiger partial charge in [0.15, 0.2) is 6.61 Å². The fraction of sp³-hybridized carbons (Fsp3) is 0.320. The molecule has 32 heavy (non-hydrogen) atoms. The number of nitrogens with one attached hydrogen (secondary N) is 2. The zero-order valence-corrected chi connectivity index (χ0v) is 18.6. The molecule has 0 radical (unpaired) electrons. The van der Waals surface area contributed by atoms with E-state index in [-0.39, 0.29) is 25.0 Å². The molecule has 0 saturated heterocycles. The molecule has 2 amide bonds. The van der Waals surface area contributed by atoms with Crippen LogP contribution in [-0.2, 0) is 9.59 Å². The summed E-state index contributed by atoms with van der Waals surface area (Å²) in [5.41, 5.74) is 4.08. The summed E-state index contributed by atoms with van der Waals surface area (Å²) < 4.78 is 11.0. The van der Waals surface area contributed by atoms with E-state index in [1.54, 1.807) is 18.2 Å². The number of nitrogens with zero attached hydrogens (tertiary/aromatic N) is 1. The van der Waals surface area contributed by atoms with E-state index in [9.17, 15) is 9.59 Å². The normalized spacial score (nSPS) is 11.6. The predicted octanol–water partition coefficient (Wildman–Crippen LogP) is 3.07. The molecule has 0 bridgehead atoms. The number of hydrazone groups is 1. The van der Waals surface area contributed by atoms with Gasteiger partial charge in [0.2, 0.25) is 0 Å². The Bertz CT molecular complexity index is 979. The molecule has 0 saturated carbocycles. The second-order valence-electron chi connectivity index (χ2n) is 7.57. The molecule has 0 unspecified atom stereocenters. The van der Waals surface area contributed by atoms with E-state index in [4.69, 9.17) is 15.9 Å². The van der Waals surface area contributed by atoms with Crippen LogP contribution in [0.25, 0.3) is 0 Å². The number of carbonyl (C=O) groups excluding carboxylic acids is 2. The molecule has 0 aliphatic rings. The Hall–Kier alpha value is -3.79. The van der Waals surface area contributed by atoms with Crippen LogP contribution in [0, 0.1) is 25.2 Å². The van der Waals surface area contributed by atoms with Gasteiger partial charge < -0.3 is 14.8 Å². The van der Waals surface area contributed by atoms with Gasteiger partial charge in [0.25, 0.3) is 11.8 Å². The molecule has 7 nitrogen and oxygen atoms in total. The number of para-hydroxylation sites is 2. The van der Waals surface area contributed by atoms with Gasteiger partial charge in [-0.25, -0.2) is 5.43 Å². The fourth-order valence-electron chi connectivity index (χ4n) is 2.88. The Morgan fingerprint density at radius 1 is 1.09 bits per heavy atom. The van der Waals surface area contributed by atoms with Crippen LogP contribution in [0.2, 0.25) is 0 Å². The van der Waals surface area contributed by atoms with Gasteiger partial charge >= 0.3 is 0 Å². The topological polar surface area (TPSA) is 89.0 Å². The number of rotatable bonds is 11. The lowest BCUT2D eigenvalue weighted by Gasteiger charge is -2.19. The maximum atomic E-state index is 12.7. The van der Waals surface area contributed by atoms with Gasteiger partial charge in [-0.05, 0) is 43.0 Å². The van der Waals surface area contributed by atoms with Crippen LogP contribution in [0.15, 0.2) is 53.6 Å². The van der Waals surface area contributed by atoms with Gasteiger partial charge in [0.1, 0.15) is 24.1 Å². The second kappa shape index (κ2) is 12.8. The van der Waals surface area contributed by atoms with Crippen LogP contribution in [0.3, 0.4) is 0 Å². The molecule has 0 fully saturated rings. The molecule has 1 atom stereocenters. The number of benzene rings is 2.